The van der Waals surface area contributed by atoms with Crippen molar-refractivity contribution in [2.75, 3.05) is 13.1 Å². The third-order valence-corrected chi connectivity index (χ3v) is 6.76. The summed E-state index contributed by atoms with van der Waals surface area (Å²) in [5, 5.41) is 15.4. The van der Waals surface area contributed by atoms with Gasteiger partial charge >= 0.3 is 5.97 Å². The lowest BCUT2D eigenvalue weighted by molar-refractivity contribution is -0.143. The van der Waals surface area contributed by atoms with E-state index in [1.165, 1.54) is 0 Å². The Morgan fingerprint density at radius 3 is 2.03 bits per heavy atom. The van der Waals surface area contributed by atoms with Gasteiger partial charge in [-0.2, -0.15) is 0 Å². The lowest BCUT2D eigenvalue weighted by Crippen LogP contribution is -2.34. The molecule has 2 fully saturated rings. The Bertz CT molecular complexity index is 1040. The number of halogens is 1. The molecule has 2 aromatic rings. The molecule has 0 radical (unpaired) electrons. The minimum absolute atomic E-state index is 0.000109. The van der Waals surface area contributed by atoms with E-state index in [-0.39, 0.29) is 23.8 Å². The molecule has 2 aliphatic carbocycles. The van der Waals surface area contributed by atoms with Gasteiger partial charge in [-0.05, 0) is 92.5 Å². The molecule has 8 heteroatoms. The summed E-state index contributed by atoms with van der Waals surface area (Å²) in [6, 6.07) is 12.2. The first-order valence-corrected chi connectivity index (χ1v) is 12.1. The average Bonchev–Trinajstić information content (AvgIpc) is 3.68. The van der Waals surface area contributed by atoms with Gasteiger partial charge in [0.05, 0.1) is 12.0 Å². The summed E-state index contributed by atoms with van der Waals surface area (Å²) in [5.41, 5.74) is 2.10. The van der Waals surface area contributed by atoms with E-state index in [0.717, 1.165) is 18.4 Å². The number of hydrogen-bond donors (Lipinski definition) is 3. The average molecular weight is 485 g/mol. The van der Waals surface area contributed by atoms with Crippen LogP contribution in [0.1, 0.15) is 70.7 Å². The summed E-state index contributed by atoms with van der Waals surface area (Å²) >= 11 is 6.22. The number of carbonyl (C=O) groups is 3. The first-order valence-electron chi connectivity index (χ1n) is 11.8. The molecule has 3 N–H and O–H groups in total. The molecule has 2 saturated carbocycles. The number of ether oxygens (including phenoxy) is 1. The van der Waals surface area contributed by atoms with Crippen LogP contribution >= 0.6 is 11.6 Å². The van der Waals surface area contributed by atoms with Crippen molar-refractivity contribution in [3.8, 4) is 5.75 Å². The predicted molar refractivity (Wildman–Crippen MR) is 129 cm³/mol. The highest BCUT2D eigenvalue weighted by Gasteiger charge is 2.27. The maximum atomic E-state index is 12.4. The van der Waals surface area contributed by atoms with E-state index >= 15 is 0 Å². The smallest absolute Gasteiger partial charge is 0.306 e. The van der Waals surface area contributed by atoms with Gasteiger partial charge in [0, 0.05) is 29.2 Å². The number of amides is 2. The fraction of sp³-hybridized carbons (Fsp3) is 0.423. The van der Waals surface area contributed by atoms with E-state index in [4.69, 9.17) is 21.4 Å². The summed E-state index contributed by atoms with van der Waals surface area (Å²) in [6.07, 6.45) is 4.88. The second kappa shape index (κ2) is 10.9. The highest BCUT2D eigenvalue weighted by molar-refractivity contribution is 6.31. The first kappa shape index (κ1) is 24.1. The van der Waals surface area contributed by atoms with Gasteiger partial charge in [-0.3, -0.25) is 14.4 Å². The Balaban J connectivity index is 1.18. The Morgan fingerprint density at radius 2 is 1.44 bits per heavy atom. The van der Waals surface area contributed by atoms with Crippen LogP contribution in [0.3, 0.4) is 0 Å². The van der Waals surface area contributed by atoms with Crippen LogP contribution in [-0.4, -0.2) is 42.1 Å². The number of carboxylic acids is 1. The van der Waals surface area contributed by atoms with Crippen LogP contribution in [0.2, 0.25) is 5.02 Å². The second-order valence-corrected chi connectivity index (χ2v) is 9.38. The van der Waals surface area contributed by atoms with E-state index in [1.807, 2.05) is 6.07 Å². The molecular weight excluding hydrogens is 456 g/mol. The van der Waals surface area contributed by atoms with Gasteiger partial charge in [0.2, 0.25) is 0 Å². The maximum Gasteiger partial charge on any atom is 0.306 e. The molecule has 0 bridgehead atoms. The minimum atomic E-state index is -0.735. The van der Waals surface area contributed by atoms with Gasteiger partial charge in [0.1, 0.15) is 5.75 Å². The quantitative estimate of drug-likeness (QED) is 0.457. The number of carbonyl (C=O) groups excluding carboxylic acids is 2. The lowest BCUT2D eigenvalue weighted by Gasteiger charge is -2.26. The molecule has 0 spiro atoms. The van der Waals surface area contributed by atoms with Crippen LogP contribution in [0.5, 0.6) is 5.75 Å². The molecule has 180 valence electrons. The van der Waals surface area contributed by atoms with Crippen molar-refractivity contribution >= 4 is 29.4 Å². The minimum Gasteiger partial charge on any atom is -0.490 e. The molecule has 0 heterocycles. The van der Waals surface area contributed by atoms with Crippen molar-refractivity contribution in [2.24, 2.45) is 5.92 Å². The van der Waals surface area contributed by atoms with Crippen LogP contribution in [0.15, 0.2) is 42.5 Å². The molecule has 34 heavy (non-hydrogen) atoms. The molecule has 2 aromatic carbocycles. The molecule has 7 nitrogen and oxygen atoms in total. The zero-order valence-electron chi connectivity index (χ0n) is 18.9. The third kappa shape index (κ3) is 6.29. The second-order valence-electron chi connectivity index (χ2n) is 8.98. The lowest BCUT2D eigenvalue weighted by atomic mass is 9.87. The normalized spacial score (nSPS) is 19.8. The Morgan fingerprint density at radius 1 is 0.853 bits per heavy atom. The van der Waals surface area contributed by atoms with Crippen LogP contribution in [-0.2, 0) is 4.79 Å². The van der Waals surface area contributed by atoms with Gasteiger partial charge in [0.25, 0.3) is 11.8 Å². The number of rotatable bonds is 9. The Kier molecular flexibility index (Phi) is 7.73. The fourth-order valence-corrected chi connectivity index (χ4v) is 4.53. The van der Waals surface area contributed by atoms with Crippen LogP contribution < -0.4 is 15.4 Å². The van der Waals surface area contributed by atoms with Gasteiger partial charge in [-0.25, -0.2) is 0 Å². The van der Waals surface area contributed by atoms with Gasteiger partial charge in [-0.1, -0.05) is 11.6 Å². The molecule has 0 aromatic heterocycles. The van der Waals surface area contributed by atoms with Crippen molar-refractivity contribution in [3.63, 3.8) is 0 Å². The van der Waals surface area contributed by atoms with E-state index < -0.39 is 5.97 Å². The molecule has 2 amide bonds. The van der Waals surface area contributed by atoms with Crippen molar-refractivity contribution in [1.29, 1.82) is 0 Å². The van der Waals surface area contributed by atoms with Crippen molar-refractivity contribution in [1.82, 2.24) is 10.6 Å². The van der Waals surface area contributed by atoms with Crippen molar-refractivity contribution < 1.29 is 24.2 Å². The molecule has 2 aliphatic rings. The van der Waals surface area contributed by atoms with Crippen LogP contribution in [0.25, 0.3) is 0 Å². The third-order valence-electron chi connectivity index (χ3n) is 6.41. The standard InChI is InChI=1S/C26H29ClN2O5/c27-23-12-7-19(15-22(23)16-1-2-16)25(31)29-14-13-28-24(30)17-3-8-20(9-4-17)34-21-10-5-18(6-11-21)26(32)33/h3-4,7-9,12,15-16,18,21H,1-2,5-6,10-11,13-14H2,(H,28,30)(H,29,31)(H,32,33)/t18-,21+. The van der Waals surface area contributed by atoms with Gasteiger partial charge < -0.3 is 20.5 Å². The van der Waals surface area contributed by atoms with Crippen LogP contribution in [0, 0.1) is 5.92 Å². The number of nitrogens with one attached hydrogen (secondary N) is 2. The number of benzene rings is 2. The number of hydrogen-bond acceptors (Lipinski definition) is 4. The molecule has 0 saturated heterocycles. The SMILES string of the molecule is O=C(NCCNC(=O)c1ccc(Cl)c(C2CC2)c1)c1ccc(O[C@H]2CC[C@@H](C(=O)O)CC2)cc1. The van der Waals surface area contributed by atoms with Crippen molar-refractivity contribution in [2.45, 2.75) is 50.5 Å². The highest BCUT2D eigenvalue weighted by atomic mass is 35.5. The summed E-state index contributed by atoms with van der Waals surface area (Å²) in [5.74, 6) is -0.306. The maximum absolute atomic E-state index is 12.4. The van der Waals surface area contributed by atoms with Crippen LogP contribution in [0.4, 0.5) is 0 Å². The largest absolute Gasteiger partial charge is 0.490 e. The van der Waals surface area contributed by atoms with Gasteiger partial charge in [0.15, 0.2) is 0 Å². The molecular formula is C26H29ClN2O5. The van der Waals surface area contributed by atoms with Crippen molar-refractivity contribution in [3.05, 3.63) is 64.2 Å². The monoisotopic (exact) mass is 484 g/mol. The summed E-state index contributed by atoms with van der Waals surface area (Å²) in [7, 11) is 0. The molecule has 0 unspecified atom stereocenters. The summed E-state index contributed by atoms with van der Waals surface area (Å²) in [4.78, 5) is 35.9. The number of carboxylic acid groups (broad SMARTS) is 1. The van der Waals surface area contributed by atoms with E-state index in [1.54, 1.807) is 36.4 Å². The topological polar surface area (TPSA) is 105 Å². The van der Waals surface area contributed by atoms with E-state index in [0.29, 0.717) is 66.6 Å². The fourth-order valence-electron chi connectivity index (χ4n) is 4.25. The molecule has 0 atom stereocenters. The summed E-state index contributed by atoms with van der Waals surface area (Å²) in [6.45, 7) is 0.616. The predicted octanol–water partition coefficient (Wildman–Crippen LogP) is 4.40. The first-order chi connectivity index (χ1) is 16.4. The molecule has 0 aliphatic heterocycles. The highest BCUT2D eigenvalue weighted by Crippen LogP contribution is 2.43. The number of aliphatic carboxylic acids is 1. The summed E-state index contributed by atoms with van der Waals surface area (Å²) < 4.78 is 5.94. The Labute approximate surface area is 203 Å². The van der Waals surface area contributed by atoms with Gasteiger partial charge in [-0.15, -0.1) is 0 Å². The van der Waals surface area contributed by atoms with E-state index in [9.17, 15) is 14.4 Å². The molecule has 4 rings (SSSR count). The van der Waals surface area contributed by atoms with E-state index in [2.05, 4.69) is 10.6 Å². The zero-order chi connectivity index (χ0) is 24.1. The zero-order valence-corrected chi connectivity index (χ0v) is 19.6. The Hall–Kier alpha value is -3.06.